The second-order valence-corrected chi connectivity index (χ2v) is 12.8. The Kier molecular flexibility index (Phi) is 11.9. The lowest BCUT2D eigenvalue weighted by Crippen LogP contribution is -2.50. The summed E-state index contributed by atoms with van der Waals surface area (Å²) in [7, 11) is 0. The van der Waals surface area contributed by atoms with E-state index in [0.717, 1.165) is 22.8 Å². The van der Waals surface area contributed by atoms with Crippen molar-refractivity contribution in [2.45, 2.75) is 67.4 Å². The predicted molar refractivity (Wildman–Crippen MR) is 184 cm³/mol. The van der Waals surface area contributed by atoms with Gasteiger partial charge in [-0.2, -0.15) is 0 Å². The van der Waals surface area contributed by atoms with E-state index in [1.807, 2.05) is 30.3 Å². The number of hydrogen-bond donors (Lipinski definition) is 2. The number of amides is 2. The van der Waals surface area contributed by atoms with E-state index in [0.29, 0.717) is 25.6 Å². The predicted octanol–water partition coefficient (Wildman–Crippen LogP) is 7.11. The van der Waals surface area contributed by atoms with Crippen LogP contribution in [0.5, 0.6) is 0 Å². The number of benzene rings is 3. The molecule has 3 aromatic rings. The molecule has 0 aromatic heterocycles. The highest BCUT2D eigenvalue weighted by molar-refractivity contribution is 14.1. The van der Waals surface area contributed by atoms with Gasteiger partial charge in [-0.15, -0.1) is 0 Å². The Balaban J connectivity index is 1.28. The van der Waals surface area contributed by atoms with E-state index < -0.39 is 0 Å². The van der Waals surface area contributed by atoms with Crippen LogP contribution in [-0.4, -0.2) is 48.4 Å². The van der Waals surface area contributed by atoms with Gasteiger partial charge in [-0.05, 0) is 47.1 Å². The molecule has 6 heteroatoms. The summed E-state index contributed by atoms with van der Waals surface area (Å²) in [5.41, 5.74) is 4.73. The molecule has 2 N–H and O–H groups in total. The molecular formula is C37H44IN3O2. The Morgan fingerprint density at radius 2 is 1.56 bits per heavy atom. The lowest BCUT2D eigenvalue weighted by Gasteiger charge is -2.31. The Hall–Kier alpha value is -2.97. The summed E-state index contributed by atoms with van der Waals surface area (Å²) in [6.45, 7) is 1.82. The molecule has 1 heterocycles. The number of nitrogens with one attached hydrogen (secondary N) is 2. The van der Waals surface area contributed by atoms with Crippen molar-refractivity contribution in [1.29, 1.82) is 0 Å². The van der Waals surface area contributed by atoms with Gasteiger partial charge in [-0.3, -0.25) is 9.59 Å². The molecular weight excluding hydrogens is 645 g/mol. The monoisotopic (exact) mass is 689 g/mol. The first-order valence-electron chi connectivity index (χ1n) is 15.8. The fourth-order valence-corrected chi connectivity index (χ4v) is 7.02. The first-order chi connectivity index (χ1) is 21.1. The van der Waals surface area contributed by atoms with E-state index in [1.165, 1.54) is 48.8 Å². The van der Waals surface area contributed by atoms with Crippen molar-refractivity contribution < 1.29 is 9.59 Å². The molecule has 0 spiro atoms. The standard InChI is InChI=1S/C37H44IN3O2/c38-25-30-18-16-28(17-19-30)20-21-36(42)39-26-33-22-23-41(37(43)35(40-33)24-29-10-4-1-5-11-29)27-34(31-12-6-2-7-13-31)32-14-8-3-9-15-32/h2-3,6-9,12-21,29,33-35,40H,1,4-5,10-11,22-27H2,(H,39,42)/b21-20+/t33-,35-/m0/s1. The Labute approximate surface area is 270 Å². The van der Waals surface area contributed by atoms with Crippen LogP contribution in [0.15, 0.2) is 91.0 Å². The van der Waals surface area contributed by atoms with E-state index in [-0.39, 0.29) is 29.8 Å². The molecule has 1 saturated heterocycles. The number of alkyl halides is 1. The van der Waals surface area contributed by atoms with Crippen molar-refractivity contribution in [2.75, 3.05) is 19.6 Å². The van der Waals surface area contributed by atoms with Gasteiger partial charge in [0.25, 0.3) is 0 Å². The van der Waals surface area contributed by atoms with E-state index in [2.05, 4.69) is 98.8 Å². The van der Waals surface area contributed by atoms with Crippen LogP contribution in [0.3, 0.4) is 0 Å². The molecule has 1 aliphatic heterocycles. The van der Waals surface area contributed by atoms with Crippen LogP contribution in [-0.2, 0) is 14.0 Å². The maximum atomic E-state index is 14.2. The molecule has 5 rings (SSSR count). The lowest BCUT2D eigenvalue weighted by atomic mass is 9.84. The smallest absolute Gasteiger partial charge is 0.244 e. The highest BCUT2D eigenvalue weighted by Crippen LogP contribution is 2.30. The summed E-state index contributed by atoms with van der Waals surface area (Å²) < 4.78 is 0.970. The molecule has 43 heavy (non-hydrogen) atoms. The fourth-order valence-electron chi connectivity index (χ4n) is 6.52. The molecule has 2 amide bonds. The molecule has 2 aliphatic rings. The van der Waals surface area contributed by atoms with Crippen LogP contribution in [0.4, 0.5) is 0 Å². The van der Waals surface area contributed by atoms with E-state index in [1.54, 1.807) is 6.08 Å². The minimum Gasteiger partial charge on any atom is -0.351 e. The van der Waals surface area contributed by atoms with Gasteiger partial charge in [0.1, 0.15) is 0 Å². The summed E-state index contributed by atoms with van der Waals surface area (Å²) in [6.07, 6.45) is 11.3. The van der Waals surface area contributed by atoms with Crippen LogP contribution in [0.2, 0.25) is 0 Å². The van der Waals surface area contributed by atoms with Crippen LogP contribution < -0.4 is 10.6 Å². The highest BCUT2D eigenvalue weighted by atomic mass is 127. The summed E-state index contributed by atoms with van der Waals surface area (Å²) >= 11 is 2.35. The van der Waals surface area contributed by atoms with Crippen LogP contribution in [0.1, 0.15) is 73.1 Å². The molecule has 5 nitrogen and oxygen atoms in total. The lowest BCUT2D eigenvalue weighted by molar-refractivity contribution is -0.133. The van der Waals surface area contributed by atoms with Gasteiger partial charge in [-0.25, -0.2) is 0 Å². The average molecular weight is 690 g/mol. The van der Waals surface area contributed by atoms with Crippen LogP contribution >= 0.6 is 22.6 Å². The van der Waals surface area contributed by atoms with Gasteiger partial charge in [0.05, 0.1) is 6.04 Å². The van der Waals surface area contributed by atoms with Gasteiger partial charge in [0.15, 0.2) is 0 Å². The Bertz CT molecular complexity index is 1280. The zero-order valence-electron chi connectivity index (χ0n) is 25.0. The van der Waals surface area contributed by atoms with Crippen molar-refractivity contribution in [1.82, 2.24) is 15.5 Å². The Morgan fingerprint density at radius 3 is 2.19 bits per heavy atom. The number of carbonyl (C=O) groups is 2. The molecule has 1 saturated carbocycles. The molecule has 0 unspecified atom stereocenters. The largest absolute Gasteiger partial charge is 0.351 e. The summed E-state index contributed by atoms with van der Waals surface area (Å²) in [6, 6.07) is 29.2. The SMILES string of the molecule is O=C(/C=C/c1ccc(CI)cc1)NC[C@@H]1CCN(CC(c2ccccc2)c2ccccc2)C(=O)[C@H](CC2CCCCC2)N1. The zero-order valence-corrected chi connectivity index (χ0v) is 27.1. The van der Waals surface area contributed by atoms with Crippen molar-refractivity contribution >= 4 is 40.5 Å². The van der Waals surface area contributed by atoms with Gasteiger partial charge in [-0.1, -0.05) is 140 Å². The summed E-state index contributed by atoms with van der Waals surface area (Å²) in [5.74, 6) is 0.773. The van der Waals surface area contributed by atoms with Crippen molar-refractivity contribution in [2.24, 2.45) is 5.92 Å². The minimum absolute atomic E-state index is 0.0368. The molecule has 0 radical (unpaired) electrons. The van der Waals surface area contributed by atoms with Crippen molar-refractivity contribution in [3.8, 4) is 0 Å². The highest BCUT2D eigenvalue weighted by Gasteiger charge is 2.34. The second-order valence-electron chi connectivity index (χ2n) is 12.1. The number of nitrogens with zero attached hydrogens (tertiary/aromatic N) is 1. The number of hydrogen-bond acceptors (Lipinski definition) is 3. The normalized spacial score (nSPS) is 20.0. The molecule has 2 fully saturated rings. The molecule has 226 valence electrons. The average Bonchev–Trinajstić information content (AvgIpc) is 3.21. The van der Waals surface area contributed by atoms with E-state index >= 15 is 0 Å². The number of carbonyl (C=O) groups excluding carboxylic acids is 2. The van der Waals surface area contributed by atoms with E-state index in [4.69, 9.17) is 0 Å². The second kappa shape index (κ2) is 16.2. The molecule has 3 aromatic carbocycles. The maximum absolute atomic E-state index is 14.2. The topological polar surface area (TPSA) is 61.4 Å². The van der Waals surface area contributed by atoms with Crippen LogP contribution in [0.25, 0.3) is 6.08 Å². The third kappa shape index (κ3) is 9.26. The van der Waals surface area contributed by atoms with Crippen LogP contribution in [0, 0.1) is 5.92 Å². The number of rotatable bonds is 11. The number of halogens is 1. The van der Waals surface area contributed by atoms with Crippen molar-refractivity contribution in [3.63, 3.8) is 0 Å². The van der Waals surface area contributed by atoms with Crippen molar-refractivity contribution in [3.05, 3.63) is 113 Å². The summed E-state index contributed by atoms with van der Waals surface area (Å²) in [4.78, 5) is 29.0. The minimum atomic E-state index is -0.230. The van der Waals surface area contributed by atoms with Gasteiger partial charge < -0.3 is 15.5 Å². The first-order valence-corrected chi connectivity index (χ1v) is 17.4. The van der Waals surface area contributed by atoms with Gasteiger partial charge in [0, 0.05) is 42.1 Å². The maximum Gasteiger partial charge on any atom is 0.244 e. The third-order valence-electron chi connectivity index (χ3n) is 8.98. The summed E-state index contributed by atoms with van der Waals surface area (Å²) in [5, 5.41) is 6.81. The van der Waals surface area contributed by atoms with Gasteiger partial charge >= 0.3 is 0 Å². The van der Waals surface area contributed by atoms with E-state index in [9.17, 15) is 9.59 Å². The quantitative estimate of drug-likeness (QED) is 0.128. The first kappa shape index (κ1) is 31.5. The van der Waals surface area contributed by atoms with Gasteiger partial charge in [0.2, 0.25) is 11.8 Å². The molecule has 1 aliphatic carbocycles. The fraction of sp³-hybridized carbons (Fsp3) is 0.405. The molecule has 2 atom stereocenters. The molecule has 0 bridgehead atoms. The Morgan fingerprint density at radius 1 is 0.907 bits per heavy atom. The zero-order chi connectivity index (χ0) is 29.9. The third-order valence-corrected chi connectivity index (χ3v) is 9.86.